The molecule has 0 aliphatic carbocycles. The first kappa shape index (κ1) is 11.0. The standard InChI is InChI=1S/C13H19N/c1-11(10-14-3)9-12(2)13-7-5-4-6-8-13/h4-8,11,14H,2,9-10H2,1,3H3. The molecule has 1 unspecified atom stereocenters. The monoisotopic (exact) mass is 189 g/mol. The lowest BCUT2D eigenvalue weighted by Crippen LogP contribution is -2.16. The van der Waals surface area contributed by atoms with Crippen LogP contribution < -0.4 is 5.32 Å². The lowest BCUT2D eigenvalue weighted by molar-refractivity contribution is 0.558. The second kappa shape index (κ2) is 5.61. The minimum absolute atomic E-state index is 0.646. The summed E-state index contributed by atoms with van der Waals surface area (Å²) < 4.78 is 0. The Kier molecular flexibility index (Phi) is 4.41. The van der Waals surface area contributed by atoms with E-state index in [1.807, 2.05) is 13.1 Å². The number of hydrogen-bond acceptors (Lipinski definition) is 1. The number of allylic oxidation sites excluding steroid dienone is 1. The van der Waals surface area contributed by atoms with Crippen molar-refractivity contribution in [2.24, 2.45) is 5.92 Å². The van der Waals surface area contributed by atoms with E-state index in [0.717, 1.165) is 13.0 Å². The van der Waals surface area contributed by atoms with Crippen molar-refractivity contribution in [1.82, 2.24) is 5.32 Å². The van der Waals surface area contributed by atoms with Gasteiger partial charge >= 0.3 is 0 Å². The third-order valence-electron chi connectivity index (χ3n) is 2.33. The fraction of sp³-hybridized carbons (Fsp3) is 0.385. The van der Waals surface area contributed by atoms with Crippen molar-refractivity contribution in [3.63, 3.8) is 0 Å². The second-order valence-corrected chi connectivity index (χ2v) is 3.84. The van der Waals surface area contributed by atoms with Crippen LogP contribution in [0.1, 0.15) is 18.9 Å². The van der Waals surface area contributed by atoms with Crippen molar-refractivity contribution >= 4 is 5.57 Å². The van der Waals surface area contributed by atoms with Crippen molar-refractivity contribution in [3.05, 3.63) is 42.5 Å². The molecule has 1 N–H and O–H groups in total. The molecule has 0 spiro atoms. The maximum absolute atomic E-state index is 4.12. The van der Waals surface area contributed by atoms with Gasteiger partial charge in [-0.15, -0.1) is 0 Å². The van der Waals surface area contributed by atoms with Crippen molar-refractivity contribution < 1.29 is 0 Å². The lowest BCUT2D eigenvalue weighted by Gasteiger charge is -2.12. The van der Waals surface area contributed by atoms with Crippen molar-refractivity contribution in [3.8, 4) is 0 Å². The van der Waals surface area contributed by atoms with Gasteiger partial charge in [-0.1, -0.05) is 43.8 Å². The molecule has 1 atom stereocenters. The minimum Gasteiger partial charge on any atom is -0.319 e. The largest absolute Gasteiger partial charge is 0.319 e. The van der Waals surface area contributed by atoms with Gasteiger partial charge in [-0.2, -0.15) is 0 Å². The molecule has 0 bridgehead atoms. The highest BCUT2D eigenvalue weighted by molar-refractivity contribution is 5.63. The van der Waals surface area contributed by atoms with Crippen LogP contribution in [-0.4, -0.2) is 13.6 Å². The van der Waals surface area contributed by atoms with Crippen molar-refractivity contribution in [1.29, 1.82) is 0 Å². The van der Waals surface area contributed by atoms with Crippen LogP contribution in [0.15, 0.2) is 36.9 Å². The molecule has 0 heterocycles. The number of nitrogens with one attached hydrogen (secondary N) is 1. The molecule has 76 valence electrons. The Morgan fingerprint density at radius 3 is 2.57 bits per heavy atom. The van der Waals surface area contributed by atoms with Gasteiger partial charge in [-0.25, -0.2) is 0 Å². The van der Waals surface area contributed by atoms with Crippen LogP contribution in [0.5, 0.6) is 0 Å². The topological polar surface area (TPSA) is 12.0 Å². The van der Waals surface area contributed by atoms with E-state index in [1.54, 1.807) is 0 Å². The first-order valence-corrected chi connectivity index (χ1v) is 5.12. The van der Waals surface area contributed by atoms with Gasteiger partial charge in [0.05, 0.1) is 0 Å². The van der Waals surface area contributed by atoms with E-state index in [0.29, 0.717) is 5.92 Å². The zero-order valence-electron chi connectivity index (χ0n) is 9.09. The molecular formula is C13H19N. The van der Waals surface area contributed by atoms with Gasteiger partial charge in [0.1, 0.15) is 0 Å². The van der Waals surface area contributed by atoms with Crippen LogP contribution in [0.4, 0.5) is 0 Å². The molecular weight excluding hydrogens is 170 g/mol. The summed E-state index contributed by atoms with van der Waals surface area (Å²) in [7, 11) is 1.99. The molecule has 1 nitrogen and oxygen atoms in total. The van der Waals surface area contributed by atoms with E-state index in [4.69, 9.17) is 0 Å². The molecule has 14 heavy (non-hydrogen) atoms. The molecule has 1 heteroatoms. The van der Waals surface area contributed by atoms with Gasteiger partial charge in [-0.05, 0) is 37.1 Å². The SMILES string of the molecule is C=C(CC(C)CNC)c1ccccc1. The summed E-state index contributed by atoms with van der Waals surface area (Å²) in [5.41, 5.74) is 2.49. The van der Waals surface area contributed by atoms with E-state index < -0.39 is 0 Å². The smallest absolute Gasteiger partial charge is 0.00230 e. The summed E-state index contributed by atoms with van der Waals surface area (Å²) in [6, 6.07) is 10.4. The van der Waals surface area contributed by atoms with Crippen LogP contribution in [0, 0.1) is 5.92 Å². The molecule has 0 aliphatic rings. The maximum atomic E-state index is 4.12. The molecule has 0 saturated carbocycles. The Balaban J connectivity index is 2.51. The van der Waals surface area contributed by atoms with Crippen molar-refractivity contribution in [2.45, 2.75) is 13.3 Å². The van der Waals surface area contributed by atoms with E-state index in [-0.39, 0.29) is 0 Å². The van der Waals surface area contributed by atoms with Crippen LogP contribution in [0.25, 0.3) is 5.57 Å². The molecule has 1 rings (SSSR count). The number of hydrogen-bond donors (Lipinski definition) is 1. The lowest BCUT2D eigenvalue weighted by atomic mass is 9.97. The highest BCUT2D eigenvalue weighted by Crippen LogP contribution is 2.19. The zero-order valence-corrected chi connectivity index (χ0v) is 9.09. The number of benzene rings is 1. The summed E-state index contributed by atoms with van der Waals surface area (Å²) >= 11 is 0. The molecule has 1 aromatic carbocycles. The third kappa shape index (κ3) is 3.35. The van der Waals surface area contributed by atoms with Crippen molar-refractivity contribution in [2.75, 3.05) is 13.6 Å². The Morgan fingerprint density at radius 1 is 1.36 bits per heavy atom. The van der Waals surface area contributed by atoms with Gasteiger partial charge in [0, 0.05) is 0 Å². The summed E-state index contributed by atoms with van der Waals surface area (Å²) in [5, 5.41) is 3.18. The average Bonchev–Trinajstić information content (AvgIpc) is 2.19. The van der Waals surface area contributed by atoms with E-state index in [2.05, 4.69) is 43.1 Å². The third-order valence-corrected chi connectivity index (χ3v) is 2.33. The Bertz CT molecular complexity index is 277. The molecule has 0 fully saturated rings. The first-order chi connectivity index (χ1) is 6.74. The molecule has 0 aliphatic heterocycles. The molecule has 0 aromatic heterocycles. The highest BCUT2D eigenvalue weighted by Gasteiger charge is 2.04. The van der Waals surface area contributed by atoms with Gasteiger partial charge in [0.25, 0.3) is 0 Å². The highest BCUT2D eigenvalue weighted by atomic mass is 14.8. The molecule has 0 radical (unpaired) electrons. The first-order valence-electron chi connectivity index (χ1n) is 5.12. The van der Waals surface area contributed by atoms with Crippen LogP contribution in [0.3, 0.4) is 0 Å². The van der Waals surface area contributed by atoms with E-state index in [1.165, 1.54) is 11.1 Å². The van der Waals surface area contributed by atoms with Crippen LogP contribution >= 0.6 is 0 Å². The predicted octanol–water partition coefficient (Wildman–Crippen LogP) is 2.95. The van der Waals surface area contributed by atoms with Gasteiger partial charge in [0.2, 0.25) is 0 Å². The minimum atomic E-state index is 0.646. The summed E-state index contributed by atoms with van der Waals surface area (Å²) in [5.74, 6) is 0.646. The van der Waals surface area contributed by atoms with Crippen LogP contribution in [0.2, 0.25) is 0 Å². The summed E-state index contributed by atoms with van der Waals surface area (Å²) in [6.07, 6.45) is 1.06. The molecule has 0 amide bonds. The fourth-order valence-corrected chi connectivity index (χ4v) is 1.63. The summed E-state index contributed by atoms with van der Waals surface area (Å²) in [4.78, 5) is 0. The van der Waals surface area contributed by atoms with E-state index >= 15 is 0 Å². The average molecular weight is 189 g/mol. The van der Waals surface area contributed by atoms with Gasteiger partial charge in [0.15, 0.2) is 0 Å². The maximum Gasteiger partial charge on any atom is -0.00230 e. The Hall–Kier alpha value is -1.08. The quantitative estimate of drug-likeness (QED) is 0.751. The van der Waals surface area contributed by atoms with Gasteiger partial charge in [-0.3, -0.25) is 0 Å². The molecule has 1 aromatic rings. The Labute approximate surface area is 86.8 Å². The predicted molar refractivity (Wildman–Crippen MR) is 63.2 cm³/mol. The summed E-state index contributed by atoms with van der Waals surface area (Å²) in [6.45, 7) is 7.41. The van der Waals surface area contributed by atoms with Crippen LogP contribution in [-0.2, 0) is 0 Å². The number of rotatable bonds is 5. The second-order valence-electron chi connectivity index (χ2n) is 3.84. The fourth-order valence-electron chi connectivity index (χ4n) is 1.63. The van der Waals surface area contributed by atoms with Gasteiger partial charge < -0.3 is 5.32 Å². The normalized spacial score (nSPS) is 12.4. The molecule has 0 saturated heterocycles. The Morgan fingerprint density at radius 2 is 2.00 bits per heavy atom. The zero-order chi connectivity index (χ0) is 10.4. The van der Waals surface area contributed by atoms with E-state index in [9.17, 15) is 0 Å².